The van der Waals surface area contributed by atoms with Gasteiger partial charge in [-0.15, -0.1) is 0 Å². The molecule has 2 N–H and O–H groups in total. The lowest BCUT2D eigenvalue weighted by molar-refractivity contribution is 0.0915. The highest BCUT2D eigenvalue weighted by molar-refractivity contribution is 7.93. The number of halogens is 1. The molecular weight excluding hydrogens is 535 g/mol. The van der Waals surface area contributed by atoms with Crippen molar-refractivity contribution in [2.24, 2.45) is 0 Å². The number of hydrogen-bond acceptors (Lipinski definition) is 7. The maximum absolute atomic E-state index is 15.3. The average Bonchev–Trinajstić information content (AvgIpc) is 2.88. The summed E-state index contributed by atoms with van der Waals surface area (Å²) in [6, 6.07) is 12.9. The van der Waals surface area contributed by atoms with Crippen LogP contribution in [0.3, 0.4) is 0 Å². The van der Waals surface area contributed by atoms with Gasteiger partial charge in [-0.3, -0.25) is 4.79 Å². The third kappa shape index (κ3) is 5.11. The van der Waals surface area contributed by atoms with Crippen LogP contribution in [0.4, 0.5) is 10.1 Å². The summed E-state index contributed by atoms with van der Waals surface area (Å²) in [6.45, 7) is 4.24. The largest absolute Gasteiger partial charge is 0.468 e. The molecule has 0 saturated carbocycles. The Bertz CT molecular complexity index is 1590. The van der Waals surface area contributed by atoms with Crippen LogP contribution in [0.25, 0.3) is 0 Å². The molecule has 0 fully saturated rings. The highest BCUT2D eigenvalue weighted by atomic mass is 32.2. The zero-order valence-corrected chi connectivity index (χ0v) is 22.5. The van der Waals surface area contributed by atoms with Crippen LogP contribution in [0.2, 0.25) is 0 Å². The number of nitrogens with one attached hydrogen (secondary N) is 1. The zero-order valence-electron chi connectivity index (χ0n) is 20.9. The minimum absolute atomic E-state index is 0.0656. The van der Waals surface area contributed by atoms with E-state index in [4.69, 9.17) is 4.74 Å². The summed E-state index contributed by atoms with van der Waals surface area (Å²) in [5, 5.41) is 12.4. The number of aliphatic hydroxyl groups is 1. The fraction of sp³-hybridized carbons (Fsp3) is 0.269. The Morgan fingerprint density at radius 2 is 1.82 bits per heavy atom. The fourth-order valence-electron chi connectivity index (χ4n) is 4.15. The number of hydrogen-bond donors (Lipinski definition) is 2. The lowest BCUT2D eigenvalue weighted by atomic mass is 10.1. The minimum atomic E-state index is -4.15. The zero-order chi connectivity index (χ0) is 27.8. The SMILES string of the molecule is CCS(=O)(=O)c1ccc(C(CO)NC(=O)c2ccc(N3[C@H](C)Oc4ccc(C)cc4S3(=O)=O)c(F)c2)cc1. The van der Waals surface area contributed by atoms with Crippen LogP contribution in [0.5, 0.6) is 5.75 Å². The van der Waals surface area contributed by atoms with Gasteiger partial charge in [-0.2, -0.15) is 0 Å². The number of carbonyl (C=O) groups excluding carboxylic acids is 1. The van der Waals surface area contributed by atoms with Gasteiger partial charge in [-0.1, -0.05) is 25.1 Å². The van der Waals surface area contributed by atoms with Crippen LogP contribution in [-0.2, 0) is 19.9 Å². The average molecular weight is 563 g/mol. The summed E-state index contributed by atoms with van der Waals surface area (Å²) >= 11 is 0. The smallest absolute Gasteiger partial charge is 0.271 e. The second-order valence-electron chi connectivity index (χ2n) is 8.82. The van der Waals surface area contributed by atoms with Crippen LogP contribution in [0, 0.1) is 12.7 Å². The number of anilines is 1. The van der Waals surface area contributed by atoms with Crippen molar-refractivity contribution in [3.05, 3.63) is 83.2 Å². The van der Waals surface area contributed by atoms with E-state index in [-0.39, 0.29) is 32.5 Å². The Labute approximate surface area is 220 Å². The molecule has 0 aromatic heterocycles. The Kier molecular flexibility index (Phi) is 7.51. The van der Waals surface area contributed by atoms with Crippen molar-refractivity contribution in [2.75, 3.05) is 16.7 Å². The minimum Gasteiger partial charge on any atom is -0.468 e. The predicted molar refractivity (Wildman–Crippen MR) is 139 cm³/mol. The van der Waals surface area contributed by atoms with Gasteiger partial charge in [-0.05, 0) is 67.4 Å². The van der Waals surface area contributed by atoms with Crippen molar-refractivity contribution < 1.29 is 35.9 Å². The third-order valence-corrected chi connectivity index (χ3v) is 9.86. The topological polar surface area (TPSA) is 130 Å². The van der Waals surface area contributed by atoms with Crippen LogP contribution < -0.4 is 14.4 Å². The first-order valence-corrected chi connectivity index (χ1v) is 14.8. The van der Waals surface area contributed by atoms with Crippen molar-refractivity contribution >= 4 is 31.5 Å². The second-order valence-corrected chi connectivity index (χ2v) is 12.9. The molecule has 0 saturated heterocycles. The number of sulfonamides is 1. The molecule has 1 aliphatic heterocycles. The molecule has 9 nitrogen and oxygen atoms in total. The number of aliphatic hydroxyl groups excluding tert-OH is 1. The van der Waals surface area contributed by atoms with E-state index >= 15 is 4.39 Å². The quantitative estimate of drug-likeness (QED) is 0.452. The van der Waals surface area contributed by atoms with Crippen LogP contribution in [-0.4, -0.2) is 46.4 Å². The van der Waals surface area contributed by atoms with Crippen molar-refractivity contribution in [3.8, 4) is 5.75 Å². The molecular formula is C26H27FN2O7S2. The highest BCUT2D eigenvalue weighted by Crippen LogP contribution is 2.38. The predicted octanol–water partition coefficient (Wildman–Crippen LogP) is 3.32. The molecule has 2 atom stereocenters. The first-order chi connectivity index (χ1) is 17.9. The summed E-state index contributed by atoms with van der Waals surface area (Å²) < 4.78 is 72.5. The highest BCUT2D eigenvalue weighted by Gasteiger charge is 2.39. The van der Waals surface area contributed by atoms with E-state index < -0.39 is 50.5 Å². The van der Waals surface area contributed by atoms with Crippen molar-refractivity contribution in [1.82, 2.24) is 5.32 Å². The Balaban J connectivity index is 1.58. The summed E-state index contributed by atoms with van der Waals surface area (Å²) in [5.41, 5.74) is 0.757. The van der Waals surface area contributed by atoms with Gasteiger partial charge in [-0.25, -0.2) is 25.5 Å². The number of amides is 1. The van der Waals surface area contributed by atoms with Gasteiger partial charge in [0.05, 0.1) is 29.0 Å². The molecule has 1 heterocycles. The molecule has 202 valence electrons. The number of rotatable bonds is 7. The molecule has 0 spiro atoms. The van der Waals surface area contributed by atoms with E-state index in [1.54, 1.807) is 19.1 Å². The van der Waals surface area contributed by atoms with Gasteiger partial charge in [0, 0.05) is 5.56 Å². The third-order valence-electron chi connectivity index (χ3n) is 6.22. The number of aryl methyl sites for hydroxylation is 1. The molecule has 4 rings (SSSR count). The molecule has 1 unspecified atom stereocenters. The number of fused-ring (bicyclic) bond motifs is 1. The first kappa shape index (κ1) is 27.6. The number of sulfone groups is 1. The van der Waals surface area contributed by atoms with Crippen molar-refractivity contribution in [1.29, 1.82) is 0 Å². The lowest BCUT2D eigenvalue weighted by Gasteiger charge is -2.35. The number of carbonyl (C=O) groups is 1. The fourth-order valence-corrected chi connectivity index (χ4v) is 6.79. The maximum atomic E-state index is 15.3. The van der Waals surface area contributed by atoms with E-state index in [2.05, 4.69) is 5.32 Å². The monoisotopic (exact) mass is 562 g/mol. The van der Waals surface area contributed by atoms with Gasteiger partial charge < -0.3 is 15.2 Å². The molecule has 1 amide bonds. The number of ether oxygens (including phenoxy) is 1. The lowest BCUT2D eigenvalue weighted by Crippen LogP contribution is -2.46. The Hall–Kier alpha value is -3.48. The molecule has 3 aromatic carbocycles. The van der Waals surface area contributed by atoms with Gasteiger partial charge in [0.1, 0.15) is 16.5 Å². The van der Waals surface area contributed by atoms with E-state index in [1.807, 2.05) is 0 Å². The standard InChI is InChI=1S/C26H27FN2O7S2/c1-4-37(32,33)20-9-6-18(7-10-20)22(15-30)28-26(31)19-8-11-23(21(27)14-19)29-17(3)36-24-12-5-16(2)13-25(24)38(29,34)35/h5-14,17,22,30H,4,15H2,1-3H3,(H,28,31)/t17-,22?/m0/s1. The molecule has 3 aromatic rings. The van der Waals surface area contributed by atoms with Gasteiger partial charge in [0.15, 0.2) is 16.1 Å². The van der Waals surface area contributed by atoms with E-state index in [0.717, 1.165) is 10.4 Å². The summed E-state index contributed by atoms with van der Waals surface area (Å²) in [4.78, 5) is 12.9. The normalized spacial score (nSPS) is 17.3. The molecule has 38 heavy (non-hydrogen) atoms. The number of nitrogens with zero attached hydrogens (tertiary/aromatic N) is 1. The molecule has 0 bridgehead atoms. The summed E-state index contributed by atoms with van der Waals surface area (Å²) in [6.07, 6.45) is -1.04. The van der Waals surface area contributed by atoms with E-state index in [1.165, 1.54) is 56.3 Å². The summed E-state index contributed by atoms with van der Waals surface area (Å²) in [5.74, 6) is -1.57. The van der Waals surface area contributed by atoms with Gasteiger partial charge in [0.25, 0.3) is 15.9 Å². The molecule has 0 radical (unpaired) electrons. The molecule has 12 heteroatoms. The Morgan fingerprint density at radius 1 is 1.13 bits per heavy atom. The van der Waals surface area contributed by atoms with E-state index in [0.29, 0.717) is 11.1 Å². The molecule has 1 aliphatic rings. The number of benzene rings is 3. The van der Waals surface area contributed by atoms with Gasteiger partial charge >= 0.3 is 0 Å². The molecule has 0 aliphatic carbocycles. The van der Waals surface area contributed by atoms with Crippen molar-refractivity contribution in [3.63, 3.8) is 0 Å². The first-order valence-electron chi connectivity index (χ1n) is 11.7. The second kappa shape index (κ2) is 10.4. The van der Waals surface area contributed by atoms with Crippen molar-refractivity contribution in [2.45, 2.75) is 42.8 Å². The van der Waals surface area contributed by atoms with Crippen LogP contribution >= 0.6 is 0 Å². The van der Waals surface area contributed by atoms with Crippen LogP contribution in [0.15, 0.2) is 70.5 Å². The maximum Gasteiger partial charge on any atom is 0.271 e. The Morgan fingerprint density at radius 3 is 2.42 bits per heavy atom. The van der Waals surface area contributed by atoms with Crippen LogP contribution in [0.1, 0.15) is 41.4 Å². The van der Waals surface area contributed by atoms with Gasteiger partial charge in [0.2, 0.25) is 0 Å². The van der Waals surface area contributed by atoms with E-state index in [9.17, 15) is 26.7 Å². The summed E-state index contributed by atoms with van der Waals surface area (Å²) in [7, 11) is -7.56.